The zero-order chi connectivity index (χ0) is 18.2. The summed E-state index contributed by atoms with van der Waals surface area (Å²) in [5, 5.41) is 9.62. The van der Waals surface area contributed by atoms with E-state index < -0.39 is 5.97 Å². The first-order valence-corrected chi connectivity index (χ1v) is 8.12. The van der Waals surface area contributed by atoms with Crippen LogP contribution in [0.5, 0.6) is 5.75 Å². The Morgan fingerprint density at radius 2 is 1.96 bits per heavy atom. The maximum atomic E-state index is 11.8. The van der Waals surface area contributed by atoms with Crippen molar-refractivity contribution in [3.05, 3.63) is 69.2 Å². The van der Waals surface area contributed by atoms with Crippen LogP contribution in [0.2, 0.25) is 10.0 Å². The Bertz CT molecular complexity index is 827. The maximum Gasteiger partial charge on any atom is 0.334 e. The van der Waals surface area contributed by atoms with E-state index in [4.69, 9.17) is 37.9 Å². The number of carbonyl (C=O) groups excluding carboxylic acids is 1. The Balaban J connectivity index is 2.39. The molecule has 0 spiro atoms. The molecule has 0 unspecified atom stereocenters. The molecule has 0 fully saturated rings. The highest BCUT2D eigenvalue weighted by Crippen LogP contribution is 2.34. The van der Waals surface area contributed by atoms with Crippen molar-refractivity contribution in [3.63, 3.8) is 0 Å². The van der Waals surface area contributed by atoms with Gasteiger partial charge in [0.05, 0.1) is 30.2 Å². The summed E-state index contributed by atoms with van der Waals surface area (Å²) < 4.78 is 10.5. The van der Waals surface area contributed by atoms with Gasteiger partial charge in [-0.1, -0.05) is 53.5 Å². The molecule has 0 saturated carbocycles. The number of nitriles is 1. The lowest BCUT2D eigenvalue weighted by Gasteiger charge is -2.13. The molecule has 0 N–H and O–H groups in total. The van der Waals surface area contributed by atoms with Gasteiger partial charge in [-0.05, 0) is 23.8 Å². The van der Waals surface area contributed by atoms with Gasteiger partial charge in [-0.2, -0.15) is 5.26 Å². The minimum Gasteiger partial charge on any atom is -0.487 e. The van der Waals surface area contributed by atoms with Gasteiger partial charge in [-0.15, -0.1) is 0 Å². The highest BCUT2D eigenvalue weighted by molar-refractivity contribution is 6.36. The van der Waals surface area contributed by atoms with Gasteiger partial charge >= 0.3 is 5.97 Å². The summed E-state index contributed by atoms with van der Waals surface area (Å²) in [6.45, 7) is 0.300. The van der Waals surface area contributed by atoms with Crippen LogP contribution in [0.15, 0.2) is 48.0 Å². The smallest absolute Gasteiger partial charge is 0.334 e. The van der Waals surface area contributed by atoms with E-state index in [0.29, 0.717) is 28.0 Å². The molecule has 2 aromatic carbocycles. The summed E-state index contributed by atoms with van der Waals surface area (Å²) in [6.07, 6.45) is 1.40. The van der Waals surface area contributed by atoms with E-state index in [-0.39, 0.29) is 12.0 Å². The van der Waals surface area contributed by atoms with E-state index >= 15 is 0 Å². The van der Waals surface area contributed by atoms with E-state index in [2.05, 4.69) is 0 Å². The van der Waals surface area contributed by atoms with Gasteiger partial charge in [0.1, 0.15) is 12.4 Å². The third-order valence-electron chi connectivity index (χ3n) is 3.31. The summed E-state index contributed by atoms with van der Waals surface area (Å²) in [7, 11) is 1.26. The molecule has 6 heteroatoms. The fraction of sp³-hybridized carbons (Fsp3) is 0.158. The number of ether oxygens (including phenoxy) is 2. The summed E-state index contributed by atoms with van der Waals surface area (Å²) in [4.78, 5) is 11.8. The molecule has 0 heterocycles. The molecule has 128 valence electrons. The highest BCUT2D eigenvalue weighted by atomic mass is 35.5. The summed E-state index contributed by atoms with van der Waals surface area (Å²) in [6, 6.07) is 14.7. The first-order chi connectivity index (χ1) is 12.0. The number of carbonyl (C=O) groups is 1. The molecule has 0 aliphatic carbocycles. The second-order valence-electron chi connectivity index (χ2n) is 5.08. The third-order valence-corrected chi connectivity index (χ3v) is 3.81. The van der Waals surface area contributed by atoms with Crippen molar-refractivity contribution in [1.82, 2.24) is 0 Å². The Morgan fingerprint density at radius 1 is 1.24 bits per heavy atom. The SMILES string of the molecule is COC(=O)/C(=C/c1cc(Cl)cc(Cl)c1OCc1ccccc1)CC#N. The molecule has 0 aliphatic heterocycles. The Labute approximate surface area is 156 Å². The van der Waals surface area contributed by atoms with Crippen LogP contribution in [-0.4, -0.2) is 13.1 Å². The Kier molecular flexibility index (Phi) is 6.88. The van der Waals surface area contributed by atoms with Crippen molar-refractivity contribution < 1.29 is 14.3 Å². The van der Waals surface area contributed by atoms with Crippen LogP contribution >= 0.6 is 23.2 Å². The number of rotatable bonds is 6. The maximum absolute atomic E-state index is 11.8. The second kappa shape index (κ2) is 9.12. The van der Waals surface area contributed by atoms with Gasteiger partial charge < -0.3 is 9.47 Å². The van der Waals surface area contributed by atoms with Crippen LogP contribution in [-0.2, 0) is 16.1 Å². The van der Waals surface area contributed by atoms with E-state index in [1.165, 1.54) is 13.2 Å². The molecule has 0 radical (unpaired) electrons. The van der Waals surface area contributed by atoms with E-state index in [1.807, 2.05) is 36.4 Å². The number of nitrogens with zero attached hydrogens (tertiary/aromatic N) is 1. The number of methoxy groups -OCH3 is 1. The highest BCUT2D eigenvalue weighted by Gasteiger charge is 2.14. The molecule has 4 nitrogen and oxygen atoms in total. The fourth-order valence-corrected chi connectivity index (χ4v) is 2.72. The third kappa shape index (κ3) is 5.25. The molecule has 0 amide bonds. The zero-order valence-corrected chi connectivity index (χ0v) is 15.0. The quantitative estimate of drug-likeness (QED) is 0.523. The van der Waals surface area contributed by atoms with Gasteiger partial charge in [0.2, 0.25) is 0 Å². The van der Waals surface area contributed by atoms with Gasteiger partial charge in [0, 0.05) is 10.6 Å². The topological polar surface area (TPSA) is 59.3 Å². The van der Waals surface area contributed by atoms with E-state index in [1.54, 1.807) is 12.1 Å². The van der Waals surface area contributed by atoms with E-state index in [0.717, 1.165) is 5.56 Å². The molecule has 2 rings (SSSR count). The van der Waals surface area contributed by atoms with Gasteiger partial charge in [-0.3, -0.25) is 0 Å². The summed E-state index contributed by atoms with van der Waals surface area (Å²) in [5.41, 5.74) is 1.66. The molecular weight excluding hydrogens is 361 g/mol. The van der Waals surface area contributed by atoms with Gasteiger partial charge in [-0.25, -0.2) is 4.79 Å². The molecule has 0 aliphatic rings. The van der Waals surface area contributed by atoms with Crippen LogP contribution in [0.4, 0.5) is 0 Å². The molecule has 25 heavy (non-hydrogen) atoms. The van der Waals surface area contributed by atoms with Crippen molar-refractivity contribution in [2.24, 2.45) is 0 Å². The Hall–Kier alpha value is -2.48. The largest absolute Gasteiger partial charge is 0.487 e. The van der Waals surface area contributed by atoms with Crippen molar-refractivity contribution in [2.45, 2.75) is 13.0 Å². The minimum absolute atomic E-state index is 0.102. The summed E-state index contributed by atoms with van der Waals surface area (Å²) in [5.74, 6) is -0.207. The standard InChI is InChI=1S/C19H15Cl2NO3/c1-24-19(23)14(7-8-22)9-15-10-16(20)11-17(21)18(15)25-12-13-5-3-2-4-6-13/h2-6,9-11H,7,12H2,1H3/b14-9+. The predicted molar refractivity (Wildman–Crippen MR) is 97.5 cm³/mol. The fourth-order valence-electron chi connectivity index (χ4n) is 2.16. The first kappa shape index (κ1) is 18.9. The minimum atomic E-state index is -0.591. The predicted octanol–water partition coefficient (Wildman–Crippen LogP) is 5.04. The van der Waals surface area contributed by atoms with Crippen molar-refractivity contribution in [1.29, 1.82) is 5.26 Å². The normalized spacial score (nSPS) is 10.9. The van der Waals surface area contributed by atoms with Crippen molar-refractivity contribution in [3.8, 4) is 11.8 Å². The molecule has 0 atom stereocenters. The van der Waals surface area contributed by atoms with Crippen LogP contribution in [0.25, 0.3) is 6.08 Å². The first-order valence-electron chi connectivity index (χ1n) is 7.36. The number of hydrogen-bond donors (Lipinski definition) is 0. The lowest BCUT2D eigenvalue weighted by Crippen LogP contribution is -2.05. The van der Waals surface area contributed by atoms with Crippen molar-refractivity contribution >= 4 is 35.2 Å². The number of hydrogen-bond acceptors (Lipinski definition) is 4. The zero-order valence-electron chi connectivity index (χ0n) is 13.5. The molecule has 0 saturated heterocycles. The Morgan fingerprint density at radius 3 is 2.60 bits per heavy atom. The van der Waals surface area contributed by atoms with Crippen LogP contribution in [0.1, 0.15) is 17.5 Å². The van der Waals surface area contributed by atoms with Gasteiger partial charge in [0.15, 0.2) is 0 Å². The lowest BCUT2D eigenvalue weighted by atomic mass is 10.1. The number of benzene rings is 2. The van der Waals surface area contributed by atoms with Gasteiger partial charge in [0.25, 0.3) is 0 Å². The van der Waals surface area contributed by atoms with E-state index in [9.17, 15) is 4.79 Å². The monoisotopic (exact) mass is 375 g/mol. The van der Waals surface area contributed by atoms with Crippen LogP contribution in [0.3, 0.4) is 0 Å². The lowest BCUT2D eigenvalue weighted by molar-refractivity contribution is -0.136. The number of halogens is 2. The van der Waals surface area contributed by atoms with Crippen molar-refractivity contribution in [2.75, 3.05) is 7.11 Å². The average molecular weight is 376 g/mol. The summed E-state index contributed by atoms with van der Waals surface area (Å²) >= 11 is 12.3. The van der Waals surface area contributed by atoms with Crippen LogP contribution < -0.4 is 4.74 Å². The molecule has 0 bridgehead atoms. The molecule has 0 aromatic heterocycles. The number of esters is 1. The van der Waals surface area contributed by atoms with Crippen LogP contribution in [0, 0.1) is 11.3 Å². The average Bonchev–Trinajstić information content (AvgIpc) is 2.60. The second-order valence-corrected chi connectivity index (χ2v) is 5.92. The molecule has 2 aromatic rings. The molecular formula is C19H15Cl2NO3.